The van der Waals surface area contributed by atoms with Crippen molar-refractivity contribution in [1.29, 1.82) is 0 Å². The van der Waals surface area contributed by atoms with E-state index < -0.39 is 16.1 Å². The molecule has 10 heteroatoms. The number of rotatable bonds is 6. The van der Waals surface area contributed by atoms with Gasteiger partial charge in [-0.1, -0.05) is 12.1 Å². The minimum Gasteiger partial charge on any atom is -0.439 e. The van der Waals surface area contributed by atoms with Crippen LogP contribution in [0.25, 0.3) is 0 Å². The molecule has 152 valence electrons. The average Bonchev–Trinajstić information content (AvgIpc) is 3.00. The summed E-state index contributed by atoms with van der Waals surface area (Å²) >= 11 is 0. The summed E-state index contributed by atoms with van der Waals surface area (Å²) in [6.07, 6.45) is 0.393. The lowest BCUT2D eigenvalue weighted by atomic mass is 10.0. The van der Waals surface area contributed by atoms with Crippen LogP contribution in [0.5, 0.6) is 0 Å². The first-order chi connectivity index (χ1) is 13.3. The van der Waals surface area contributed by atoms with E-state index in [0.717, 1.165) is 10.5 Å². The lowest BCUT2D eigenvalue weighted by molar-refractivity contribution is -0.133. The van der Waals surface area contributed by atoms with Crippen LogP contribution in [0, 0.1) is 6.92 Å². The topological polar surface area (TPSA) is 113 Å². The van der Waals surface area contributed by atoms with E-state index in [0.29, 0.717) is 25.9 Å². The molecule has 2 aliphatic heterocycles. The standard InChI is InChI=1S/C18H23N3O6S/c1-13-3-2-4-15(11-13)28(25,26)19-8-5-16(22)20-9-6-14(7-10-20)21-17(23)12-27-18(21)24/h2-4,11,14,19H,5-10,12H2,1H3. The Bertz CT molecular complexity index is 861. The van der Waals surface area contributed by atoms with E-state index in [9.17, 15) is 22.8 Å². The maximum absolute atomic E-state index is 12.4. The fourth-order valence-corrected chi connectivity index (χ4v) is 4.54. The third-order valence-electron chi connectivity index (χ3n) is 4.90. The highest BCUT2D eigenvalue weighted by molar-refractivity contribution is 7.89. The van der Waals surface area contributed by atoms with Gasteiger partial charge in [-0.3, -0.25) is 9.59 Å². The molecule has 2 fully saturated rings. The largest absolute Gasteiger partial charge is 0.439 e. The molecule has 0 aliphatic carbocycles. The van der Waals surface area contributed by atoms with Crippen LogP contribution in [0.1, 0.15) is 24.8 Å². The average molecular weight is 409 g/mol. The maximum atomic E-state index is 12.4. The number of ether oxygens (including phenoxy) is 1. The first-order valence-electron chi connectivity index (χ1n) is 9.11. The zero-order valence-electron chi connectivity index (χ0n) is 15.6. The number of sulfonamides is 1. The zero-order valence-corrected chi connectivity index (χ0v) is 16.4. The molecule has 2 heterocycles. The van der Waals surface area contributed by atoms with Gasteiger partial charge in [-0.25, -0.2) is 22.8 Å². The van der Waals surface area contributed by atoms with Crippen LogP contribution >= 0.6 is 0 Å². The van der Waals surface area contributed by atoms with Gasteiger partial charge < -0.3 is 9.64 Å². The molecule has 1 aromatic carbocycles. The monoisotopic (exact) mass is 409 g/mol. The third-order valence-corrected chi connectivity index (χ3v) is 6.36. The molecule has 0 spiro atoms. The van der Waals surface area contributed by atoms with Crippen LogP contribution in [0.2, 0.25) is 0 Å². The lowest BCUT2D eigenvalue weighted by Crippen LogP contribution is -2.48. The molecule has 2 saturated heterocycles. The Morgan fingerprint density at radius 1 is 1.25 bits per heavy atom. The van der Waals surface area contributed by atoms with Gasteiger partial charge in [-0.05, 0) is 37.5 Å². The van der Waals surface area contributed by atoms with Crippen molar-refractivity contribution >= 4 is 27.9 Å². The van der Waals surface area contributed by atoms with E-state index in [4.69, 9.17) is 4.74 Å². The van der Waals surface area contributed by atoms with E-state index >= 15 is 0 Å². The molecular weight excluding hydrogens is 386 g/mol. The molecule has 0 atom stereocenters. The number of nitrogens with zero attached hydrogens (tertiary/aromatic N) is 2. The Hall–Kier alpha value is -2.46. The van der Waals surface area contributed by atoms with E-state index in [1.807, 2.05) is 13.0 Å². The second-order valence-electron chi connectivity index (χ2n) is 6.89. The first-order valence-corrected chi connectivity index (χ1v) is 10.6. The number of benzene rings is 1. The van der Waals surface area contributed by atoms with Crippen LogP contribution < -0.4 is 4.72 Å². The van der Waals surface area contributed by atoms with Gasteiger partial charge in [0.05, 0.1) is 4.90 Å². The first kappa shape index (κ1) is 20.3. The van der Waals surface area contributed by atoms with Crippen LogP contribution in [0.4, 0.5) is 4.79 Å². The second-order valence-corrected chi connectivity index (χ2v) is 8.66. The molecule has 1 aromatic rings. The van der Waals surface area contributed by atoms with Gasteiger partial charge in [0.2, 0.25) is 15.9 Å². The number of cyclic esters (lactones) is 1. The molecule has 0 unspecified atom stereocenters. The highest BCUT2D eigenvalue weighted by atomic mass is 32.2. The SMILES string of the molecule is Cc1cccc(S(=O)(=O)NCCC(=O)N2CCC(N3C(=O)COC3=O)CC2)c1. The van der Waals surface area contributed by atoms with Crippen molar-refractivity contribution in [2.45, 2.75) is 37.1 Å². The quantitative estimate of drug-likeness (QED) is 0.737. The Morgan fingerprint density at radius 2 is 1.96 bits per heavy atom. The van der Waals surface area contributed by atoms with Gasteiger partial charge in [0.25, 0.3) is 5.91 Å². The molecule has 3 rings (SSSR count). The third kappa shape index (κ3) is 4.50. The summed E-state index contributed by atoms with van der Waals surface area (Å²) < 4.78 is 31.7. The van der Waals surface area contributed by atoms with Crippen LogP contribution in [0.3, 0.4) is 0 Å². The number of nitrogens with one attached hydrogen (secondary N) is 1. The molecule has 3 amide bonds. The Balaban J connectivity index is 1.46. The van der Waals surface area contributed by atoms with Crippen molar-refractivity contribution in [3.63, 3.8) is 0 Å². The van der Waals surface area contributed by atoms with E-state index in [2.05, 4.69) is 4.72 Å². The van der Waals surface area contributed by atoms with Crippen molar-refractivity contribution in [2.24, 2.45) is 0 Å². The molecule has 9 nitrogen and oxygen atoms in total. The van der Waals surface area contributed by atoms with Crippen LogP contribution in [0.15, 0.2) is 29.2 Å². The second kappa shape index (κ2) is 8.27. The Kier molecular flexibility index (Phi) is 5.99. The highest BCUT2D eigenvalue weighted by Crippen LogP contribution is 2.21. The van der Waals surface area contributed by atoms with Crippen LogP contribution in [-0.2, 0) is 24.3 Å². The van der Waals surface area contributed by atoms with Gasteiger partial charge in [-0.15, -0.1) is 0 Å². The van der Waals surface area contributed by atoms with Gasteiger partial charge in [-0.2, -0.15) is 0 Å². The number of amides is 3. The summed E-state index contributed by atoms with van der Waals surface area (Å²) in [7, 11) is -3.66. The number of piperidine rings is 1. The van der Waals surface area contributed by atoms with Crippen LogP contribution in [-0.4, -0.2) is 68.4 Å². The van der Waals surface area contributed by atoms with Crippen molar-refractivity contribution < 1.29 is 27.5 Å². The molecule has 0 saturated carbocycles. The predicted octanol–water partition coefficient (Wildman–Crippen LogP) is 0.633. The number of carbonyl (C=O) groups is 3. The maximum Gasteiger partial charge on any atom is 0.417 e. The lowest BCUT2D eigenvalue weighted by Gasteiger charge is -2.34. The molecule has 28 heavy (non-hydrogen) atoms. The molecule has 0 radical (unpaired) electrons. The van der Waals surface area contributed by atoms with Gasteiger partial charge >= 0.3 is 6.09 Å². The fraction of sp³-hybridized carbons (Fsp3) is 0.500. The fourth-order valence-electron chi connectivity index (χ4n) is 3.41. The highest BCUT2D eigenvalue weighted by Gasteiger charge is 2.38. The molecule has 0 aromatic heterocycles. The van der Waals surface area contributed by atoms with Crippen molar-refractivity contribution in [3.05, 3.63) is 29.8 Å². The smallest absolute Gasteiger partial charge is 0.417 e. The number of aryl methyl sites for hydroxylation is 1. The summed E-state index contributed by atoms with van der Waals surface area (Å²) in [5, 5.41) is 0. The number of likely N-dealkylation sites (tertiary alicyclic amines) is 1. The minimum atomic E-state index is -3.66. The molecular formula is C18H23N3O6S. The summed E-state index contributed by atoms with van der Waals surface area (Å²) in [4.78, 5) is 38.6. The predicted molar refractivity (Wildman–Crippen MR) is 98.8 cm³/mol. The summed E-state index contributed by atoms with van der Waals surface area (Å²) in [6, 6.07) is 6.29. The zero-order chi connectivity index (χ0) is 20.3. The molecule has 2 aliphatic rings. The number of hydrogen-bond acceptors (Lipinski definition) is 6. The number of carbonyl (C=O) groups excluding carboxylic acids is 3. The van der Waals surface area contributed by atoms with E-state index in [1.165, 1.54) is 6.07 Å². The summed E-state index contributed by atoms with van der Waals surface area (Å²) in [5.41, 5.74) is 0.835. The van der Waals surface area contributed by atoms with E-state index in [1.54, 1.807) is 17.0 Å². The van der Waals surface area contributed by atoms with Gasteiger partial charge in [0.1, 0.15) is 0 Å². The van der Waals surface area contributed by atoms with Gasteiger partial charge in [0, 0.05) is 32.1 Å². The normalized spacial score (nSPS) is 18.5. The number of hydrogen-bond donors (Lipinski definition) is 1. The number of imide groups is 1. The van der Waals surface area contributed by atoms with E-state index in [-0.39, 0.29) is 42.3 Å². The summed E-state index contributed by atoms with van der Waals surface area (Å²) in [6.45, 7) is 2.41. The van der Waals surface area contributed by atoms with Crippen molar-refractivity contribution in [1.82, 2.24) is 14.5 Å². The summed E-state index contributed by atoms with van der Waals surface area (Å²) in [5.74, 6) is -0.513. The van der Waals surface area contributed by atoms with Gasteiger partial charge in [0.15, 0.2) is 6.61 Å². The molecule has 0 bridgehead atoms. The van der Waals surface area contributed by atoms with Crippen molar-refractivity contribution in [3.8, 4) is 0 Å². The Labute approximate surface area is 163 Å². The van der Waals surface area contributed by atoms with Crippen molar-refractivity contribution in [2.75, 3.05) is 26.2 Å². The Morgan fingerprint density at radius 3 is 2.57 bits per heavy atom. The molecule has 1 N–H and O–H groups in total. The minimum absolute atomic E-state index is 0.00593.